The lowest BCUT2D eigenvalue weighted by molar-refractivity contribution is -0.295. The number of carboxylic acid groups (broad SMARTS) is 1. The van der Waals surface area contributed by atoms with E-state index in [9.17, 15) is 4.79 Å². The molecule has 0 heterocycles. The van der Waals surface area contributed by atoms with Crippen LogP contribution in [0.2, 0.25) is 0 Å². The molecule has 0 atom stereocenters. The molecule has 1 aromatic rings. The molecule has 0 aromatic heterocycles. The Hall–Kier alpha value is -1.39. The Morgan fingerprint density at radius 3 is 1.79 bits per heavy atom. The topological polar surface area (TPSA) is 55.8 Å². The second kappa shape index (κ2) is 13.1. The second-order valence-corrected chi connectivity index (χ2v) is 4.02. The summed E-state index contributed by atoms with van der Waals surface area (Å²) in [6.45, 7) is 5.74. The maximum absolute atomic E-state index is 10.2. The molecule has 0 saturated carbocycles. The first-order chi connectivity index (χ1) is 9.22. The van der Waals surface area contributed by atoms with Crippen LogP contribution in [0.1, 0.15) is 49.9 Å². The number of hydrogen-bond acceptors (Lipinski definition) is 3. The predicted molar refractivity (Wildman–Crippen MR) is 75.1 cm³/mol. The first-order valence-corrected chi connectivity index (χ1v) is 6.75. The molecule has 1 N–H and O–H groups in total. The normalized spacial score (nSPS) is 9.58. The van der Waals surface area contributed by atoms with E-state index in [-0.39, 0.29) is 0 Å². The van der Waals surface area contributed by atoms with Crippen LogP contribution in [0.25, 0.3) is 0 Å². The quantitative estimate of drug-likeness (QED) is 0.441. The molecule has 0 unspecified atom stereocenters. The minimum Gasteiger partial charge on any atom is -0.478 e. The average Bonchev–Trinajstić information content (AvgIpc) is 2.44. The van der Waals surface area contributed by atoms with Crippen molar-refractivity contribution in [1.29, 1.82) is 0 Å². The third-order valence-electron chi connectivity index (χ3n) is 2.27. The van der Waals surface area contributed by atoms with Crippen molar-refractivity contribution < 1.29 is 19.7 Å². The van der Waals surface area contributed by atoms with E-state index in [0.717, 1.165) is 38.9 Å². The van der Waals surface area contributed by atoms with E-state index < -0.39 is 5.97 Å². The molecule has 0 spiro atoms. The van der Waals surface area contributed by atoms with Crippen molar-refractivity contribution in [3.05, 3.63) is 35.9 Å². The number of unbranched alkanes of at least 4 members (excludes halogenated alkanes) is 2. The van der Waals surface area contributed by atoms with Gasteiger partial charge in [-0.25, -0.2) is 14.6 Å². The SMILES string of the molecule is CCCCOOCCCC.O=C(O)c1ccccc1. The van der Waals surface area contributed by atoms with Crippen LogP contribution in [0.4, 0.5) is 0 Å². The van der Waals surface area contributed by atoms with Gasteiger partial charge in [0.05, 0.1) is 18.8 Å². The Labute approximate surface area is 115 Å². The zero-order chi connectivity index (χ0) is 14.3. The van der Waals surface area contributed by atoms with Crippen LogP contribution < -0.4 is 0 Å². The predicted octanol–water partition coefficient (Wildman–Crippen LogP) is 3.92. The van der Waals surface area contributed by atoms with E-state index in [1.165, 1.54) is 0 Å². The fourth-order valence-corrected chi connectivity index (χ4v) is 1.11. The van der Waals surface area contributed by atoms with Crippen molar-refractivity contribution in [2.24, 2.45) is 0 Å². The molecule has 0 aliphatic heterocycles. The maximum Gasteiger partial charge on any atom is 0.335 e. The molecule has 0 bridgehead atoms. The molecular weight excluding hydrogens is 244 g/mol. The summed E-state index contributed by atoms with van der Waals surface area (Å²) in [6, 6.07) is 8.30. The molecule has 0 radical (unpaired) electrons. The van der Waals surface area contributed by atoms with E-state index in [1.807, 2.05) is 0 Å². The van der Waals surface area contributed by atoms with Crippen molar-refractivity contribution in [2.45, 2.75) is 39.5 Å². The smallest absolute Gasteiger partial charge is 0.335 e. The monoisotopic (exact) mass is 268 g/mol. The first kappa shape index (κ1) is 17.6. The van der Waals surface area contributed by atoms with Gasteiger partial charge in [-0.3, -0.25) is 0 Å². The number of rotatable bonds is 8. The summed E-state index contributed by atoms with van der Waals surface area (Å²) in [7, 11) is 0. The van der Waals surface area contributed by atoms with E-state index in [0.29, 0.717) is 5.56 Å². The van der Waals surface area contributed by atoms with Gasteiger partial charge in [-0.15, -0.1) is 0 Å². The largest absolute Gasteiger partial charge is 0.478 e. The zero-order valence-electron chi connectivity index (χ0n) is 11.8. The van der Waals surface area contributed by atoms with E-state index in [1.54, 1.807) is 30.3 Å². The zero-order valence-corrected chi connectivity index (χ0v) is 11.8. The number of aromatic carboxylic acids is 1. The van der Waals surface area contributed by atoms with E-state index in [4.69, 9.17) is 14.9 Å². The lowest BCUT2D eigenvalue weighted by Gasteiger charge is -2.00. The maximum atomic E-state index is 10.2. The highest BCUT2D eigenvalue weighted by Gasteiger charge is 1.96. The number of carboxylic acids is 1. The molecule has 4 nitrogen and oxygen atoms in total. The number of carbonyl (C=O) groups is 1. The van der Waals surface area contributed by atoms with Crippen molar-refractivity contribution >= 4 is 5.97 Å². The van der Waals surface area contributed by atoms with Gasteiger partial charge in [-0.05, 0) is 25.0 Å². The molecule has 4 heteroatoms. The Morgan fingerprint density at radius 2 is 1.47 bits per heavy atom. The van der Waals surface area contributed by atoms with Crippen molar-refractivity contribution in [2.75, 3.05) is 13.2 Å². The van der Waals surface area contributed by atoms with Crippen LogP contribution in [0.5, 0.6) is 0 Å². The molecule has 0 aliphatic carbocycles. The Balaban J connectivity index is 0.000000342. The number of benzene rings is 1. The molecule has 0 fully saturated rings. The van der Waals surface area contributed by atoms with Crippen LogP contribution in [-0.4, -0.2) is 24.3 Å². The average molecular weight is 268 g/mol. The summed E-state index contributed by atoms with van der Waals surface area (Å²) in [5.74, 6) is -0.879. The standard InChI is InChI=1S/C8H18O2.C7H6O2/c1-3-5-7-9-10-8-6-4-2;8-7(9)6-4-2-1-3-5-6/h3-8H2,1-2H3;1-5H,(H,8,9). The van der Waals surface area contributed by atoms with Crippen LogP contribution in [0.15, 0.2) is 30.3 Å². The van der Waals surface area contributed by atoms with Gasteiger partial charge in [0.25, 0.3) is 0 Å². The molecule has 0 amide bonds. The van der Waals surface area contributed by atoms with Gasteiger partial charge < -0.3 is 5.11 Å². The van der Waals surface area contributed by atoms with E-state index >= 15 is 0 Å². The third kappa shape index (κ3) is 11.4. The van der Waals surface area contributed by atoms with Crippen molar-refractivity contribution in [3.63, 3.8) is 0 Å². The van der Waals surface area contributed by atoms with Gasteiger partial charge in [0.1, 0.15) is 0 Å². The van der Waals surface area contributed by atoms with Crippen LogP contribution in [-0.2, 0) is 9.78 Å². The van der Waals surface area contributed by atoms with Gasteiger partial charge >= 0.3 is 5.97 Å². The molecule has 19 heavy (non-hydrogen) atoms. The number of hydrogen-bond donors (Lipinski definition) is 1. The van der Waals surface area contributed by atoms with Crippen LogP contribution in [0, 0.1) is 0 Å². The molecule has 0 aliphatic rings. The highest BCUT2D eigenvalue weighted by molar-refractivity contribution is 5.87. The summed E-state index contributed by atoms with van der Waals surface area (Å²) in [5.41, 5.74) is 0.331. The fourth-order valence-electron chi connectivity index (χ4n) is 1.11. The van der Waals surface area contributed by atoms with Crippen molar-refractivity contribution in [3.8, 4) is 0 Å². The Kier molecular flexibility index (Phi) is 12.1. The molecular formula is C15H24O4. The summed E-state index contributed by atoms with van der Waals surface area (Å²) in [4.78, 5) is 20.0. The lowest BCUT2D eigenvalue weighted by atomic mass is 10.2. The molecule has 1 rings (SSSR count). The van der Waals surface area contributed by atoms with Gasteiger partial charge in [0.2, 0.25) is 0 Å². The van der Waals surface area contributed by atoms with Gasteiger partial charge in [-0.1, -0.05) is 44.9 Å². The van der Waals surface area contributed by atoms with Gasteiger partial charge in [-0.2, -0.15) is 0 Å². The summed E-state index contributed by atoms with van der Waals surface area (Å²) >= 11 is 0. The summed E-state index contributed by atoms with van der Waals surface area (Å²) < 4.78 is 0. The first-order valence-electron chi connectivity index (χ1n) is 6.75. The molecule has 0 saturated heterocycles. The second-order valence-electron chi connectivity index (χ2n) is 4.02. The highest BCUT2D eigenvalue weighted by Crippen LogP contribution is 1.96. The minimum atomic E-state index is -0.879. The van der Waals surface area contributed by atoms with Crippen LogP contribution >= 0.6 is 0 Å². The summed E-state index contributed by atoms with van der Waals surface area (Å²) in [6.07, 6.45) is 4.51. The van der Waals surface area contributed by atoms with Gasteiger partial charge in [0.15, 0.2) is 0 Å². The third-order valence-corrected chi connectivity index (χ3v) is 2.27. The highest BCUT2D eigenvalue weighted by atomic mass is 17.2. The Morgan fingerprint density at radius 1 is 1.00 bits per heavy atom. The Bertz CT molecular complexity index is 303. The molecule has 1 aromatic carbocycles. The fraction of sp³-hybridized carbons (Fsp3) is 0.533. The van der Waals surface area contributed by atoms with Crippen molar-refractivity contribution in [1.82, 2.24) is 0 Å². The summed E-state index contributed by atoms with van der Waals surface area (Å²) in [5, 5.41) is 8.38. The lowest BCUT2D eigenvalue weighted by Crippen LogP contribution is -1.97. The minimum absolute atomic E-state index is 0.331. The van der Waals surface area contributed by atoms with E-state index in [2.05, 4.69) is 13.8 Å². The van der Waals surface area contributed by atoms with Crippen LogP contribution in [0.3, 0.4) is 0 Å². The molecule has 108 valence electrons. The van der Waals surface area contributed by atoms with Gasteiger partial charge in [0, 0.05) is 0 Å².